The Labute approximate surface area is 93.8 Å². The number of aromatic nitrogens is 2. The fourth-order valence-electron chi connectivity index (χ4n) is 1.06. The lowest BCUT2D eigenvalue weighted by Gasteiger charge is -2.06. The van der Waals surface area contributed by atoms with E-state index in [0.29, 0.717) is 24.7 Å². The highest BCUT2D eigenvalue weighted by molar-refractivity contribution is 5.85. The van der Waals surface area contributed by atoms with Gasteiger partial charge < -0.3 is 15.2 Å². The molecule has 1 aromatic rings. The SMILES string of the molecule is COC(=O)c1nc(C)cc(OCCCN)n1. The van der Waals surface area contributed by atoms with Crippen LogP contribution in [-0.4, -0.2) is 36.2 Å². The van der Waals surface area contributed by atoms with Crippen LogP contribution < -0.4 is 10.5 Å². The first-order valence-electron chi connectivity index (χ1n) is 4.94. The number of hydrogen-bond donors (Lipinski definition) is 1. The van der Waals surface area contributed by atoms with E-state index in [4.69, 9.17) is 10.5 Å². The van der Waals surface area contributed by atoms with Crippen molar-refractivity contribution in [1.29, 1.82) is 0 Å². The van der Waals surface area contributed by atoms with Gasteiger partial charge in [0.1, 0.15) is 0 Å². The zero-order chi connectivity index (χ0) is 12.0. The van der Waals surface area contributed by atoms with Crippen LogP contribution in [0, 0.1) is 6.92 Å². The zero-order valence-electron chi connectivity index (χ0n) is 9.40. The van der Waals surface area contributed by atoms with Gasteiger partial charge in [-0.15, -0.1) is 0 Å². The second-order valence-corrected chi connectivity index (χ2v) is 3.15. The van der Waals surface area contributed by atoms with Gasteiger partial charge in [-0.2, -0.15) is 4.98 Å². The van der Waals surface area contributed by atoms with Crippen molar-refractivity contribution in [3.8, 4) is 5.88 Å². The topological polar surface area (TPSA) is 87.3 Å². The van der Waals surface area contributed by atoms with Crippen molar-refractivity contribution in [2.75, 3.05) is 20.3 Å². The Morgan fingerprint density at radius 3 is 2.88 bits per heavy atom. The fraction of sp³-hybridized carbons (Fsp3) is 0.500. The van der Waals surface area contributed by atoms with Crippen molar-refractivity contribution in [2.24, 2.45) is 5.73 Å². The lowest BCUT2D eigenvalue weighted by molar-refractivity contribution is 0.0585. The molecule has 0 radical (unpaired) electrons. The van der Waals surface area contributed by atoms with Gasteiger partial charge in [-0.1, -0.05) is 0 Å². The summed E-state index contributed by atoms with van der Waals surface area (Å²) < 4.78 is 9.86. The summed E-state index contributed by atoms with van der Waals surface area (Å²) in [5.41, 5.74) is 5.99. The standard InChI is InChI=1S/C10H15N3O3/c1-7-6-8(16-5-3-4-11)13-9(12-7)10(14)15-2/h6H,3-5,11H2,1-2H3. The van der Waals surface area contributed by atoms with E-state index in [9.17, 15) is 4.79 Å². The van der Waals surface area contributed by atoms with E-state index < -0.39 is 5.97 Å². The second-order valence-electron chi connectivity index (χ2n) is 3.15. The molecule has 0 aliphatic heterocycles. The minimum Gasteiger partial charge on any atom is -0.478 e. The molecule has 0 atom stereocenters. The minimum atomic E-state index is -0.577. The molecule has 1 aromatic heterocycles. The molecule has 88 valence electrons. The van der Waals surface area contributed by atoms with Crippen molar-refractivity contribution >= 4 is 5.97 Å². The maximum atomic E-state index is 11.2. The summed E-state index contributed by atoms with van der Waals surface area (Å²) >= 11 is 0. The normalized spacial score (nSPS) is 9.94. The first-order valence-corrected chi connectivity index (χ1v) is 4.94. The third-order valence-corrected chi connectivity index (χ3v) is 1.80. The number of nitrogens with zero attached hydrogens (tertiary/aromatic N) is 2. The van der Waals surface area contributed by atoms with Crippen molar-refractivity contribution in [2.45, 2.75) is 13.3 Å². The summed E-state index contributed by atoms with van der Waals surface area (Å²) in [5, 5.41) is 0. The van der Waals surface area contributed by atoms with E-state index in [1.165, 1.54) is 7.11 Å². The molecule has 0 aliphatic carbocycles. The highest BCUT2D eigenvalue weighted by Gasteiger charge is 2.11. The fourth-order valence-corrected chi connectivity index (χ4v) is 1.06. The van der Waals surface area contributed by atoms with Crippen LogP contribution in [0.15, 0.2) is 6.07 Å². The average molecular weight is 225 g/mol. The summed E-state index contributed by atoms with van der Waals surface area (Å²) in [6.45, 7) is 2.77. The first-order chi connectivity index (χ1) is 7.67. The number of esters is 1. The molecule has 6 heteroatoms. The lowest BCUT2D eigenvalue weighted by atomic mass is 10.4. The molecular formula is C10H15N3O3. The molecule has 0 aromatic carbocycles. The monoisotopic (exact) mass is 225 g/mol. The maximum absolute atomic E-state index is 11.2. The molecule has 6 nitrogen and oxygen atoms in total. The number of hydrogen-bond acceptors (Lipinski definition) is 6. The van der Waals surface area contributed by atoms with Gasteiger partial charge in [0.2, 0.25) is 11.7 Å². The van der Waals surface area contributed by atoms with Crippen LogP contribution in [0.3, 0.4) is 0 Å². The van der Waals surface area contributed by atoms with E-state index in [1.54, 1.807) is 13.0 Å². The Hall–Kier alpha value is -1.69. The highest BCUT2D eigenvalue weighted by Crippen LogP contribution is 2.09. The van der Waals surface area contributed by atoms with Gasteiger partial charge >= 0.3 is 5.97 Å². The summed E-state index contributed by atoms with van der Waals surface area (Å²) in [4.78, 5) is 19.1. The average Bonchev–Trinajstić information content (AvgIpc) is 2.27. The van der Waals surface area contributed by atoms with E-state index >= 15 is 0 Å². The summed E-state index contributed by atoms with van der Waals surface area (Å²) in [6, 6.07) is 1.66. The third-order valence-electron chi connectivity index (χ3n) is 1.80. The summed E-state index contributed by atoms with van der Waals surface area (Å²) in [5.74, 6) is -0.209. The van der Waals surface area contributed by atoms with E-state index in [-0.39, 0.29) is 5.82 Å². The van der Waals surface area contributed by atoms with Crippen molar-refractivity contribution in [1.82, 2.24) is 9.97 Å². The molecule has 0 saturated heterocycles. The van der Waals surface area contributed by atoms with Gasteiger partial charge in [0.25, 0.3) is 0 Å². The molecule has 1 heterocycles. The molecule has 1 rings (SSSR count). The van der Waals surface area contributed by atoms with Crippen LogP contribution >= 0.6 is 0 Å². The van der Waals surface area contributed by atoms with E-state index in [1.807, 2.05) is 0 Å². The Morgan fingerprint density at radius 1 is 1.50 bits per heavy atom. The van der Waals surface area contributed by atoms with Crippen LogP contribution in [0.5, 0.6) is 5.88 Å². The van der Waals surface area contributed by atoms with Gasteiger partial charge in [-0.05, 0) is 19.9 Å². The number of methoxy groups -OCH3 is 1. The molecule has 0 amide bonds. The van der Waals surface area contributed by atoms with Crippen molar-refractivity contribution in [3.05, 3.63) is 17.6 Å². The molecular weight excluding hydrogens is 210 g/mol. The molecule has 0 saturated carbocycles. The van der Waals surface area contributed by atoms with Crippen LogP contribution in [0.25, 0.3) is 0 Å². The predicted octanol–water partition coefficient (Wildman–Crippen LogP) is 0.299. The van der Waals surface area contributed by atoms with E-state index in [2.05, 4.69) is 14.7 Å². The predicted molar refractivity (Wildman–Crippen MR) is 57.3 cm³/mol. The summed E-state index contributed by atoms with van der Waals surface area (Å²) in [7, 11) is 1.28. The first kappa shape index (κ1) is 12.4. The number of rotatable bonds is 5. The molecule has 16 heavy (non-hydrogen) atoms. The van der Waals surface area contributed by atoms with Crippen LogP contribution in [0.1, 0.15) is 22.7 Å². The van der Waals surface area contributed by atoms with Crippen LogP contribution in [0.2, 0.25) is 0 Å². The van der Waals surface area contributed by atoms with Gasteiger partial charge in [-0.25, -0.2) is 9.78 Å². The Bertz CT molecular complexity index is 368. The number of aryl methyl sites for hydroxylation is 1. The quantitative estimate of drug-likeness (QED) is 0.572. The lowest BCUT2D eigenvalue weighted by Crippen LogP contribution is -2.11. The van der Waals surface area contributed by atoms with Crippen LogP contribution in [0.4, 0.5) is 0 Å². The number of carbonyl (C=O) groups is 1. The Kier molecular flexibility index (Phi) is 4.65. The van der Waals surface area contributed by atoms with Gasteiger partial charge in [0.05, 0.1) is 13.7 Å². The number of ether oxygens (including phenoxy) is 2. The number of carbonyl (C=O) groups excluding carboxylic acids is 1. The van der Waals surface area contributed by atoms with Crippen LogP contribution in [-0.2, 0) is 4.74 Å². The van der Waals surface area contributed by atoms with Gasteiger partial charge in [0.15, 0.2) is 0 Å². The van der Waals surface area contributed by atoms with Gasteiger partial charge in [0, 0.05) is 11.8 Å². The smallest absolute Gasteiger partial charge is 0.376 e. The molecule has 0 aliphatic rings. The maximum Gasteiger partial charge on any atom is 0.376 e. The summed E-state index contributed by atoms with van der Waals surface area (Å²) in [6.07, 6.45) is 0.733. The highest BCUT2D eigenvalue weighted by atomic mass is 16.5. The minimum absolute atomic E-state index is 0.00486. The second kappa shape index (κ2) is 6.02. The number of nitrogens with two attached hydrogens (primary N) is 1. The third kappa shape index (κ3) is 3.47. The van der Waals surface area contributed by atoms with Crippen molar-refractivity contribution in [3.63, 3.8) is 0 Å². The zero-order valence-corrected chi connectivity index (χ0v) is 9.40. The van der Waals surface area contributed by atoms with Gasteiger partial charge in [-0.3, -0.25) is 0 Å². The molecule has 0 spiro atoms. The molecule has 0 bridgehead atoms. The molecule has 0 fully saturated rings. The molecule has 2 N–H and O–H groups in total. The largest absolute Gasteiger partial charge is 0.478 e. The van der Waals surface area contributed by atoms with E-state index in [0.717, 1.165) is 6.42 Å². The van der Waals surface area contributed by atoms with Crippen molar-refractivity contribution < 1.29 is 14.3 Å². The Balaban J connectivity index is 2.77. The Morgan fingerprint density at radius 2 is 2.25 bits per heavy atom. The molecule has 0 unspecified atom stereocenters.